The van der Waals surface area contributed by atoms with E-state index in [-0.39, 0.29) is 37.5 Å². The smallest absolute Gasteiger partial charge is 0.325 e. The zero-order chi connectivity index (χ0) is 24.3. The zero-order valence-electron chi connectivity index (χ0n) is 18.8. The number of carbonyl (C=O) groups excluding carboxylic acids is 3. The van der Waals surface area contributed by atoms with Crippen LogP contribution in [0.3, 0.4) is 0 Å². The molecule has 0 aliphatic heterocycles. The second kappa shape index (κ2) is 13.6. The summed E-state index contributed by atoms with van der Waals surface area (Å²) < 4.78 is 0. The summed E-state index contributed by atoms with van der Waals surface area (Å²) in [7, 11) is 0. The van der Waals surface area contributed by atoms with E-state index in [0.717, 1.165) is 0 Å². The highest BCUT2D eigenvalue weighted by atomic mass is 16.4. The van der Waals surface area contributed by atoms with Gasteiger partial charge in [0.15, 0.2) is 0 Å². The fourth-order valence-corrected chi connectivity index (χ4v) is 2.74. The normalized spacial score (nSPS) is 15.0. The van der Waals surface area contributed by atoms with E-state index in [2.05, 4.69) is 16.0 Å². The predicted octanol–water partition coefficient (Wildman–Crippen LogP) is -0.170. The Morgan fingerprint density at radius 3 is 1.55 bits per heavy atom. The lowest BCUT2D eigenvalue weighted by atomic mass is 9.99. The van der Waals surface area contributed by atoms with Crippen LogP contribution in [0.5, 0.6) is 0 Å². The van der Waals surface area contributed by atoms with E-state index in [1.165, 1.54) is 6.92 Å². The number of amides is 3. The van der Waals surface area contributed by atoms with Gasteiger partial charge in [-0.15, -0.1) is 0 Å². The first-order valence-corrected chi connectivity index (χ1v) is 10.4. The largest absolute Gasteiger partial charge is 0.481 e. The van der Waals surface area contributed by atoms with Crippen LogP contribution < -0.4 is 21.7 Å². The van der Waals surface area contributed by atoms with Gasteiger partial charge in [-0.2, -0.15) is 0 Å². The van der Waals surface area contributed by atoms with E-state index in [9.17, 15) is 24.0 Å². The summed E-state index contributed by atoms with van der Waals surface area (Å²) in [6.07, 6.45) is 0.172. The molecule has 0 bridgehead atoms. The SMILES string of the molecule is CC(C)CC(NC(=O)C(N)CCC(=O)O)C(=O)NC(CC(C)C)C(=O)NC(C)C(=O)O. The number of carbonyl (C=O) groups is 5. The molecule has 0 spiro atoms. The number of nitrogens with one attached hydrogen (secondary N) is 3. The Morgan fingerprint density at radius 2 is 1.16 bits per heavy atom. The summed E-state index contributed by atoms with van der Waals surface area (Å²) in [5.41, 5.74) is 5.72. The fraction of sp³-hybridized carbons (Fsp3) is 0.750. The lowest BCUT2D eigenvalue weighted by Gasteiger charge is -2.26. The third-order valence-electron chi connectivity index (χ3n) is 4.42. The molecule has 178 valence electrons. The zero-order valence-corrected chi connectivity index (χ0v) is 18.8. The molecule has 0 fully saturated rings. The van der Waals surface area contributed by atoms with Crippen molar-refractivity contribution in [2.24, 2.45) is 17.6 Å². The number of hydrogen-bond donors (Lipinski definition) is 6. The number of nitrogens with two attached hydrogens (primary N) is 1. The van der Waals surface area contributed by atoms with Crippen LogP contribution in [0.15, 0.2) is 0 Å². The lowest BCUT2D eigenvalue weighted by Crippen LogP contribution is -2.57. The van der Waals surface area contributed by atoms with Crippen molar-refractivity contribution >= 4 is 29.7 Å². The molecule has 31 heavy (non-hydrogen) atoms. The first kappa shape index (κ1) is 28.3. The van der Waals surface area contributed by atoms with Gasteiger partial charge in [0.25, 0.3) is 0 Å². The molecule has 0 radical (unpaired) electrons. The maximum absolute atomic E-state index is 12.9. The first-order valence-electron chi connectivity index (χ1n) is 10.4. The van der Waals surface area contributed by atoms with E-state index in [1.54, 1.807) is 0 Å². The molecular formula is C20H36N4O7. The van der Waals surface area contributed by atoms with Crippen molar-refractivity contribution < 1.29 is 34.2 Å². The van der Waals surface area contributed by atoms with E-state index in [0.29, 0.717) is 0 Å². The predicted molar refractivity (Wildman–Crippen MR) is 113 cm³/mol. The Hall–Kier alpha value is -2.69. The number of carboxylic acid groups (broad SMARTS) is 2. The Bertz CT molecular complexity index is 651. The van der Waals surface area contributed by atoms with Crippen molar-refractivity contribution in [1.29, 1.82) is 0 Å². The average Bonchev–Trinajstić information content (AvgIpc) is 2.63. The van der Waals surface area contributed by atoms with Crippen molar-refractivity contribution in [3.05, 3.63) is 0 Å². The topological polar surface area (TPSA) is 188 Å². The van der Waals surface area contributed by atoms with Crippen LogP contribution in [0.2, 0.25) is 0 Å². The minimum atomic E-state index is -1.21. The summed E-state index contributed by atoms with van der Waals surface area (Å²) in [6.45, 7) is 8.71. The molecule has 4 atom stereocenters. The van der Waals surface area contributed by atoms with Gasteiger partial charge in [0, 0.05) is 6.42 Å². The molecule has 4 unspecified atom stereocenters. The Kier molecular flexibility index (Phi) is 12.4. The molecule has 11 heteroatoms. The van der Waals surface area contributed by atoms with Crippen LogP contribution in [0.1, 0.15) is 60.3 Å². The van der Waals surface area contributed by atoms with E-state index in [1.807, 2.05) is 27.7 Å². The van der Waals surface area contributed by atoms with Gasteiger partial charge in [-0.25, -0.2) is 0 Å². The van der Waals surface area contributed by atoms with Crippen LogP contribution in [0, 0.1) is 11.8 Å². The van der Waals surface area contributed by atoms with Gasteiger partial charge in [-0.3, -0.25) is 24.0 Å². The van der Waals surface area contributed by atoms with Gasteiger partial charge in [-0.1, -0.05) is 27.7 Å². The molecule has 0 aromatic carbocycles. The second-order valence-corrected chi connectivity index (χ2v) is 8.49. The van der Waals surface area contributed by atoms with Gasteiger partial charge in [0.1, 0.15) is 18.1 Å². The standard InChI is InChI=1S/C20H36N4O7/c1-10(2)8-14(18(28)22-12(5)20(30)31)24-19(29)15(9-11(3)4)23-17(27)13(21)6-7-16(25)26/h10-15H,6-9,21H2,1-5H3,(H,22,28)(H,23,27)(H,24,29)(H,25,26)(H,30,31). The quantitative estimate of drug-likeness (QED) is 0.213. The number of aliphatic carboxylic acids is 2. The summed E-state index contributed by atoms with van der Waals surface area (Å²) in [5.74, 6) is -4.14. The molecule has 0 rings (SSSR count). The molecule has 0 aromatic heterocycles. The Morgan fingerprint density at radius 1 is 0.742 bits per heavy atom. The third kappa shape index (κ3) is 11.9. The number of hydrogen-bond acceptors (Lipinski definition) is 6. The molecule has 3 amide bonds. The van der Waals surface area contributed by atoms with Crippen molar-refractivity contribution in [2.45, 2.75) is 84.5 Å². The maximum Gasteiger partial charge on any atom is 0.325 e. The van der Waals surface area contributed by atoms with Crippen LogP contribution in [0.25, 0.3) is 0 Å². The monoisotopic (exact) mass is 444 g/mol. The highest BCUT2D eigenvalue weighted by Gasteiger charge is 2.30. The molecule has 0 saturated carbocycles. The summed E-state index contributed by atoms with van der Waals surface area (Å²) in [4.78, 5) is 59.4. The van der Waals surface area contributed by atoms with Crippen LogP contribution in [-0.4, -0.2) is 64.0 Å². The summed E-state index contributed by atoms with van der Waals surface area (Å²) in [6, 6.07) is -4.19. The van der Waals surface area contributed by atoms with Gasteiger partial charge >= 0.3 is 11.9 Å². The van der Waals surface area contributed by atoms with Crippen molar-refractivity contribution in [2.75, 3.05) is 0 Å². The van der Waals surface area contributed by atoms with Crippen LogP contribution >= 0.6 is 0 Å². The van der Waals surface area contributed by atoms with Crippen LogP contribution in [-0.2, 0) is 24.0 Å². The molecule has 7 N–H and O–H groups in total. The minimum Gasteiger partial charge on any atom is -0.481 e. The maximum atomic E-state index is 12.9. The van der Waals surface area contributed by atoms with E-state index >= 15 is 0 Å². The Balaban J connectivity index is 5.32. The first-order chi connectivity index (χ1) is 14.2. The molecular weight excluding hydrogens is 408 g/mol. The highest BCUT2D eigenvalue weighted by molar-refractivity contribution is 5.94. The average molecular weight is 445 g/mol. The van der Waals surface area contributed by atoms with Crippen LogP contribution in [0.4, 0.5) is 0 Å². The number of rotatable bonds is 14. The third-order valence-corrected chi connectivity index (χ3v) is 4.42. The minimum absolute atomic E-state index is 0.0238. The molecule has 0 aromatic rings. The molecule has 0 saturated heterocycles. The molecule has 0 aliphatic carbocycles. The van der Waals surface area contributed by atoms with E-state index < -0.39 is 53.8 Å². The number of carboxylic acids is 2. The summed E-state index contributed by atoms with van der Waals surface area (Å²) >= 11 is 0. The molecule has 11 nitrogen and oxygen atoms in total. The fourth-order valence-electron chi connectivity index (χ4n) is 2.74. The van der Waals surface area contributed by atoms with Gasteiger partial charge in [0.2, 0.25) is 17.7 Å². The van der Waals surface area contributed by atoms with E-state index in [4.69, 9.17) is 15.9 Å². The van der Waals surface area contributed by atoms with Crippen molar-refractivity contribution in [1.82, 2.24) is 16.0 Å². The van der Waals surface area contributed by atoms with Crippen molar-refractivity contribution in [3.63, 3.8) is 0 Å². The lowest BCUT2D eigenvalue weighted by molar-refractivity contribution is -0.142. The highest BCUT2D eigenvalue weighted by Crippen LogP contribution is 2.10. The summed E-state index contributed by atoms with van der Waals surface area (Å²) in [5, 5.41) is 25.2. The van der Waals surface area contributed by atoms with Gasteiger partial charge in [-0.05, 0) is 38.0 Å². The molecule has 0 heterocycles. The second-order valence-electron chi connectivity index (χ2n) is 8.49. The van der Waals surface area contributed by atoms with Gasteiger partial charge < -0.3 is 31.9 Å². The Labute approximate surface area is 182 Å². The van der Waals surface area contributed by atoms with Crippen molar-refractivity contribution in [3.8, 4) is 0 Å². The molecule has 0 aliphatic rings. The van der Waals surface area contributed by atoms with Gasteiger partial charge in [0.05, 0.1) is 6.04 Å².